The van der Waals surface area contributed by atoms with Gasteiger partial charge in [-0.3, -0.25) is 22.8 Å². The number of nitrogens with zero attached hydrogens (tertiary/aromatic N) is 5. The van der Waals surface area contributed by atoms with Crippen molar-refractivity contribution in [3.8, 4) is 11.5 Å². The van der Waals surface area contributed by atoms with Crippen molar-refractivity contribution >= 4 is 100 Å². The highest BCUT2D eigenvalue weighted by Crippen LogP contribution is 2.44. The van der Waals surface area contributed by atoms with Crippen molar-refractivity contribution in [1.82, 2.24) is 15.0 Å². The number of hydrogen-bond acceptors (Lipinski definition) is 21. The molecule has 5 rings (SSSR count). The zero-order chi connectivity index (χ0) is 46.5. The van der Waals surface area contributed by atoms with E-state index in [1.807, 2.05) is 0 Å². The molecule has 334 valence electrons. The minimum absolute atomic E-state index is 0.0183. The molecule has 1 heterocycles. The Morgan fingerprint density at radius 2 is 1.24 bits per heavy atom. The van der Waals surface area contributed by atoms with Gasteiger partial charge in [0.15, 0.2) is 9.84 Å². The first-order chi connectivity index (χ1) is 28.2. The number of azo groups is 1. The molecule has 0 spiro atoms. The van der Waals surface area contributed by atoms with Gasteiger partial charge in [-0.25, -0.2) is 27.6 Å². The molecule has 0 saturated heterocycles. The number of nitrogens with two attached hydrogens (primary N) is 1. The summed E-state index contributed by atoms with van der Waals surface area (Å²) in [6.45, 7) is -1.13. The predicted molar refractivity (Wildman–Crippen MR) is 208 cm³/mol. The van der Waals surface area contributed by atoms with Crippen LogP contribution < -0.4 is 5.73 Å². The SMILES string of the molecule is Nc1c(S(=O)(=O)O)cc2cc(S(=O)(=O)O)cc(O)c2c1N=Nc1ccc(Cc2nc(Cl)nc(Cc3cc(S(=O)(=O)CCOS(=O)(=O)O)cc(S(=O)(=O)O)c3O)n2)cc1S(=O)(=O)O. The van der Waals surface area contributed by atoms with Gasteiger partial charge in [-0.05, 0) is 58.9 Å². The number of fused-ring (bicyclic) bond motifs is 1. The largest absolute Gasteiger partial charge is 0.507 e. The average Bonchev–Trinajstić information content (AvgIpc) is 3.09. The van der Waals surface area contributed by atoms with Crippen LogP contribution in [-0.2, 0) is 77.7 Å². The standard InChI is InChI=1S/C29H25ClN6O20S6/c30-29-33-23(32-24(34-29)10-15-8-16(12-22(28(15)38)61(50,51)52)57(39,40)4-3-56-62(53,54)55)6-13-1-2-18(20(5-13)59(44,45)46)35-36-27-25-14(9-21(26(27)31)60(47,48)49)7-17(11-19(25)37)58(41,42)43/h1-2,5,7-9,11-12,37-38H,3-4,6,10,31H2,(H,41,42,43)(H,44,45,46)(H,47,48,49)(H,50,51,52)(H,53,54,55). The highest BCUT2D eigenvalue weighted by atomic mass is 35.5. The van der Waals surface area contributed by atoms with Crippen LogP contribution in [0.3, 0.4) is 0 Å². The van der Waals surface area contributed by atoms with Crippen LogP contribution in [0.1, 0.15) is 22.8 Å². The lowest BCUT2D eigenvalue weighted by Gasteiger charge is -2.13. The molecule has 0 unspecified atom stereocenters. The molecule has 0 radical (unpaired) electrons. The van der Waals surface area contributed by atoms with Crippen molar-refractivity contribution in [2.45, 2.75) is 37.3 Å². The van der Waals surface area contributed by atoms with Crippen LogP contribution in [0.5, 0.6) is 11.5 Å². The van der Waals surface area contributed by atoms with Crippen molar-refractivity contribution in [3.63, 3.8) is 0 Å². The number of phenolic OH excluding ortho intramolecular Hbond substituents is 2. The van der Waals surface area contributed by atoms with Gasteiger partial charge in [0, 0.05) is 24.5 Å². The summed E-state index contributed by atoms with van der Waals surface area (Å²) in [4.78, 5) is 6.71. The molecule has 0 aliphatic heterocycles. The Kier molecular flexibility index (Phi) is 13.1. The summed E-state index contributed by atoms with van der Waals surface area (Å²) >= 11 is 6.06. The molecule has 0 amide bonds. The lowest BCUT2D eigenvalue weighted by atomic mass is 10.1. The Morgan fingerprint density at radius 1 is 0.645 bits per heavy atom. The van der Waals surface area contributed by atoms with Gasteiger partial charge < -0.3 is 15.9 Å². The van der Waals surface area contributed by atoms with Crippen molar-refractivity contribution in [2.75, 3.05) is 18.1 Å². The Balaban J connectivity index is 1.54. The molecule has 1 aromatic heterocycles. The van der Waals surface area contributed by atoms with Gasteiger partial charge in [0.05, 0.1) is 33.2 Å². The number of rotatable bonds is 15. The van der Waals surface area contributed by atoms with E-state index in [1.54, 1.807) is 0 Å². The van der Waals surface area contributed by atoms with Crippen LogP contribution in [0.25, 0.3) is 10.8 Å². The smallest absolute Gasteiger partial charge is 0.397 e. The number of nitrogen functional groups attached to an aromatic ring is 1. The highest BCUT2D eigenvalue weighted by molar-refractivity contribution is 7.91. The third-order valence-corrected chi connectivity index (χ3v) is 13.8. The van der Waals surface area contributed by atoms with Gasteiger partial charge in [0.25, 0.3) is 40.5 Å². The Morgan fingerprint density at radius 3 is 1.81 bits per heavy atom. The molecule has 0 saturated carbocycles. The van der Waals surface area contributed by atoms with E-state index in [0.717, 1.165) is 18.2 Å². The number of aromatic hydroxyl groups is 2. The van der Waals surface area contributed by atoms with Gasteiger partial charge in [-0.15, -0.1) is 10.2 Å². The lowest BCUT2D eigenvalue weighted by molar-refractivity contribution is 0.284. The molecule has 33 heteroatoms. The second-order valence-corrected chi connectivity index (χ2v) is 21.5. The molecule has 4 aromatic carbocycles. The number of anilines is 1. The van der Waals surface area contributed by atoms with Gasteiger partial charge in [0.2, 0.25) is 5.28 Å². The first-order valence-electron chi connectivity index (χ1n) is 15.9. The fourth-order valence-corrected chi connectivity index (χ4v) is 9.79. The molecule has 0 bridgehead atoms. The fraction of sp³-hybridized carbons (Fsp3) is 0.138. The second kappa shape index (κ2) is 16.9. The number of hydrogen-bond donors (Lipinski definition) is 8. The zero-order valence-electron chi connectivity index (χ0n) is 30.0. The van der Waals surface area contributed by atoms with Crippen molar-refractivity contribution in [2.24, 2.45) is 10.2 Å². The molecule has 0 atom stereocenters. The first kappa shape index (κ1) is 47.9. The lowest BCUT2D eigenvalue weighted by Crippen LogP contribution is -2.16. The number of sulfone groups is 1. The molecule has 62 heavy (non-hydrogen) atoms. The van der Waals surface area contributed by atoms with Gasteiger partial charge in [-0.2, -0.15) is 42.1 Å². The van der Waals surface area contributed by atoms with Crippen LogP contribution in [-0.4, -0.2) is 111 Å². The minimum Gasteiger partial charge on any atom is -0.507 e. The maximum absolute atomic E-state index is 12.9. The quantitative estimate of drug-likeness (QED) is 0.0421. The number of halogens is 1. The number of phenols is 2. The molecule has 0 fully saturated rings. The molecular weight excluding hydrogens is 980 g/mol. The van der Waals surface area contributed by atoms with Gasteiger partial charge in [0.1, 0.15) is 49.2 Å². The van der Waals surface area contributed by atoms with Crippen LogP contribution >= 0.6 is 11.6 Å². The van der Waals surface area contributed by atoms with Crippen molar-refractivity contribution in [1.29, 1.82) is 0 Å². The summed E-state index contributed by atoms with van der Waals surface area (Å²) in [5.41, 5.74) is 3.07. The topological polar surface area (TPSA) is 445 Å². The Labute approximate surface area is 354 Å². The maximum Gasteiger partial charge on any atom is 0.397 e. The van der Waals surface area contributed by atoms with E-state index in [9.17, 15) is 78.9 Å². The van der Waals surface area contributed by atoms with E-state index < -0.39 is 161 Å². The van der Waals surface area contributed by atoms with Crippen LogP contribution in [0.15, 0.2) is 83.2 Å². The molecule has 0 aliphatic rings. The Hall–Kier alpha value is -5.10. The van der Waals surface area contributed by atoms with Gasteiger partial charge >= 0.3 is 10.4 Å². The van der Waals surface area contributed by atoms with Crippen LogP contribution in [0.4, 0.5) is 17.1 Å². The summed E-state index contributed by atoms with van der Waals surface area (Å²) in [7, 11) is -30.4. The summed E-state index contributed by atoms with van der Waals surface area (Å²) in [6.07, 6.45) is -1.18. The molecule has 5 aromatic rings. The number of benzene rings is 4. The molecule has 0 aliphatic carbocycles. The van der Waals surface area contributed by atoms with Crippen molar-refractivity contribution < 1.29 is 87.7 Å². The van der Waals surface area contributed by atoms with Crippen molar-refractivity contribution in [3.05, 3.63) is 76.6 Å². The predicted octanol–water partition coefficient (Wildman–Crippen LogP) is 1.85. The normalized spacial score (nSPS) is 13.3. The monoisotopic (exact) mass is 1000 g/mol. The highest BCUT2D eigenvalue weighted by Gasteiger charge is 2.28. The summed E-state index contributed by atoms with van der Waals surface area (Å²) in [5, 5.41) is 27.3. The van der Waals surface area contributed by atoms with Crippen LogP contribution in [0, 0.1) is 0 Å². The van der Waals surface area contributed by atoms with E-state index in [-0.39, 0.29) is 17.2 Å². The Bertz CT molecular complexity index is 3430. The molecular formula is C29H25ClN6O20S6. The summed E-state index contributed by atoms with van der Waals surface area (Å²) in [5.74, 6) is -3.92. The van der Waals surface area contributed by atoms with Gasteiger partial charge in [-0.1, -0.05) is 6.07 Å². The van der Waals surface area contributed by atoms with E-state index in [4.69, 9.17) is 21.9 Å². The van der Waals surface area contributed by atoms with E-state index >= 15 is 0 Å². The summed E-state index contributed by atoms with van der Waals surface area (Å²) < 4.78 is 196. The van der Waals surface area contributed by atoms with E-state index in [2.05, 4.69) is 29.4 Å². The molecule has 26 nitrogen and oxygen atoms in total. The summed E-state index contributed by atoms with van der Waals surface area (Å²) in [6, 6.07) is 5.91. The maximum atomic E-state index is 12.9. The third kappa shape index (κ3) is 11.3. The third-order valence-electron chi connectivity index (χ3n) is 8.06. The van der Waals surface area contributed by atoms with Crippen LogP contribution in [0.2, 0.25) is 5.28 Å². The second-order valence-electron chi connectivity index (χ2n) is 12.4. The molecule has 9 N–H and O–H groups in total. The zero-order valence-corrected chi connectivity index (χ0v) is 35.7. The number of aromatic nitrogens is 3. The van der Waals surface area contributed by atoms with E-state index in [1.165, 1.54) is 6.07 Å². The average molecular weight is 1010 g/mol. The fourth-order valence-electron chi connectivity index (χ4n) is 5.46. The minimum atomic E-state index is -5.32. The first-order valence-corrected chi connectivity index (χ1v) is 25.0. The van der Waals surface area contributed by atoms with E-state index in [0.29, 0.717) is 24.3 Å².